The van der Waals surface area contributed by atoms with Gasteiger partial charge in [-0.05, 0) is 0 Å². The van der Waals surface area contributed by atoms with Crippen molar-refractivity contribution in [3.63, 3.8) is 0 Å². The Balaban J connectivity index is 0. The molecule has 0 aromatic heterocycles. The Morgan fingerprint density at radius 1 is 1.67 bits per heavy atom. The zero-order chi connectivity index (χ0) is 9.82. The van der Waals surface area contributed by atoms with Gasteiger partial charge in [0, 0.05) is 0 Å². The van der Waals surface area contributed by atoms with Crippen molar-refractivity contribution in [3.05, 3.63) is 0 Å². The van der Waals surface area contributed by atoms with E-state index in [0.717, 1.165) is 0 Å². The van der Waals surface area contributed by atoms with Gasteiger partial charge in [0.15, 0.2) is 0 Å². The molecular formula is C7H8NO4. The van der Waals surface area contributed by atoms with Gasteiger partial charge in [-0.2, -0.15) is 4.99 Å². The van der Waals surface area contributed by atoms with Gasteiger partial charge in [-0.1, -0.05) is 5.92 Å². The summed E-state index contributed by atoms with van der Waals surface area (Å²) in [5.74, 6) is 1.34. The predicted octanol–water partition coefficient (Wildman–Crippen LogP) is -0.455. The summed E-state index contributed by atoms with van der Waals surface area (Å²) in [4.78, 5) is 22.4. The van der Waals surface area contributed by atoms with Gasteiger partial charge < -0.3 is 4.74 Å². The van der Waals surface area contributed by atoms with Gasteiger partial charge in [-0.3, -0.25) is 4.79 Å². The van der Waals surface area contributed by atoms with Crippen LogP contribution in [-0.2, 0) is 19.4 Å². The van der Waals surface area contributed by atoms with Crippen LogP contribution in [-0.4, -0.2) is 32.3 Å². The summed E-state index contributed by atoms with van der Waals surface area (Å²) in [5.41, 5.74) is 0. The Kier molecular flexibility index (Phi) is 13.1. The molecule has 0 aromatic rings. The minimum Gasteiger partial charge on any atom is -0.468 e. The summed E-state index contributed by atoms with van der Waals surface area (Å²) in [6.45, 7) is -0.639. The number of hydrogen-bond acceptors (Lipinski definition) is 4. The fraction of sp³-hybridized carbons (Fsp3) is 0.429. The first kappa shape index (κ1) is 13.0. The zero-order valence-corrected chi connectivity index (χ0v) is 6.57. The molecule has 65 valence electrons. The standard InChI is InChI=1S/C4H5NO3.C3H3O/c1-8-4(7)2-5-3-6;1-2-3-4/h2H2,1H3;1H,3H2. The first-order chi connectivity index (χ1) is 5.72. The van der Waals surface area contributed by atoms with Crippen molar-refractivity contribution in [1.29, 1.82) is 0 Å². The Bertz CT molecular complexity index is 200. The van der Waals surface area contributed by atoms with E-state index in [4.69, 9.17) is 5.11 Å². The number of ether oxygens (including phenoxy) is 1. The van der Waals surface area contributed by atoms with Crippen LogP contribution in [0.15, 0.2) is 4.99 Å². The molecule has 1 radical (unpaired) electrons. The van der Waals surface area contributed by atoms with E-state index >= 15 is 0 Å². The molecule has 0 atom stereocenters. The number of aliphatic imine (C=N–C) groups is 1. The molecule has 0 aliphatic rings. The number of nitrogens with zero attached hydrogens (tertiary/aromatic N) is 1. The van der Waals surface area contributed by atoms with Crippen molar-refractivity contribution in [2.24, 2.45) is 4.99 Å². The van der Waals surface area contributed by atoms with Gasteiger partial charge in [0.25, 0.3) is 0 Å². The highest BCUT2D eigenvalue weighted by Gasteiger charge is 1.93. The van der Waals surface area contributed by atoms with E-state index in [-0.39, 0.29) is 6.54 Å². The molecule has 0 amide bonds. The molecule has 0 spiro atoms. The number of isocyanates is 1. The fourth-order valence-corrected chi connectivity index (χ4v) is 0.161. The Morgan fingerprint density at radius 3 is 2.42 bits per heavy atom. The molecule has 0 saturated carbocycles. The molecule has 0 fully saturated rings. The lowest BCUT2D eigenvalue weighted by Gasteiger charge is -1.87. The van der Waals surface area contributed by atoms with Crippen LogP contribution in [0.25, 0.3) is 0 Å². The molecule has 0 aliphatic heterocycles. The molecule has 0 rings (SSSR count). The molecular weight excluding hydrogens is 162 g/mol. The molecule has 0 heterocycles. The number of methoxy groups -OCH3 is 1. The third-order valence-electron chi connectivity index (χ3n) is 0.584. The number of terminal acetylenes is 1. The average molecular weight is 170 g/mol. The molecule has 5 nitrogen and oxygen atoms in total. The summed E-state index contributed by atoms with van der Waals surface area (Å²) < 4.78 is 4.14. The largest absolute Gasteiger partial charge is 0.468 e. The van der Waals surface area contributed by atoms with E-state index < -0.39 is 12.6 Å². The Hall–Kier alpha value is -1.63. The van der Waals surface area contributed by atoms with Gasteiger partial charge in [0.1, 0.15) is 13.2 Å². The molecule has 0 unspecified atom stereocenters. The van der Waals surface area contributed by atoms with Gasteiger partial charge >= 0.3 is 5.97 Å². The molecule has 0 aromatic carbocycles. The first-order valence-electron chi connectivity index (χ1n) is 2.84. The van der Waals surface area contributed by atoms with Crippen molar-refractivity contribution in [3.8, 4) is 12.3 Å². The molecule has 12 heavy (non-hydrogen) atoms. The lowest BCUT2D eigenvalue weighted by molar-refractivity contribution is -0.138. The summed E-state index contributed by atoms with van der Waals surface area (Å²) in [6, 6.07) is 0. The number of carbonyl (C=O) groups is 1. The van der Waals surface area contributed by atoms with Crippen LogP contribution in [0.1, 0.15) is 0 Å². The number of rotatable bonds is 2. The van der Waals surface area contributed by atoms with E-state index in [0.29, 0.717) is 0 Å². The van der Waals surface area contributed by atoms with E-state index in [1.807, 2.05) is 5.92 Å². The fourth-order valence-electron chi connectivity index (χ4n) is 0.161. The van der Waals surface area contributed by atoms with Crippen LogP contribution in [0.3, 0.4) is 0 Å². The molecule has 0 N–H and O–H groups in total. The van der Waals surface area contributed by atoms with Crippen LogP contribution in [0.2, 0.25) is 0 Å². The van der Waals surface area contributed by atoms with E-state index in [1.165, 1.54) is 13.2 Å². The second kappa shape index (κ2) is 12.1. The predicted molar refractivity (Wildman–Crippen MR) is 39.4 cm³/mol. The lowest BCUT2D eigenvalue weighted by Crippen LogP contribution is -2.03. The van der Waals surface area contributed by atoms with Gasteiger partial charge in [-0.15, -0.1) is 6.42 Å². The maximum absolute atomic E-state index is 10.1. The maximum Gasteiger partial charge on any atom is 0.328 e. The number of esters is 1. The molecule has 0 aliphatic carbocycles. The smallest absolute Gasteiger partial charge is 0.328 e. The third-order valence-corrected chi connectivity index (χ3v) is 0.584. The van der Waals surface area contributed by atoms with E-state index in [1.54, 1.807) is 0 Å². The van der Waals surface area contributed by atoms with Crippen LogP contribution in [0.4, 0.5) is 0 Å². The quantitative estimate of drug-likeness (QED) is 0.243. The molecule has 5 heteroatoms. The summed E-state index contributed by atoms with van der Waals surface area (Å²) in [5, 5.41) is 9.06. The second-order valence-electron chi connectivity index (χ2n) is 1.33. The van der Waals surface area contributed by atoms with Crippen molar-refractivity contribution < 1.29 is 19.4 Å². The van der Waals surface area contributed by atoms with Crippen LogP contribution in [0.5, 0.6) is 0 Å². The highest BCUT2D eigenvalue weighted by atomic mass is 16.5. The van der Waals surface area contributed by atoms with Crippen molar-refractivity contribution in [2.45, 2.75) is 0 Å². The topological polar surface area (TPSA) is 75.6 Å². The van der Waals surface area contributed by atoms with Crippen LogP contribution in [0, 0.1) is 12.3 Å². The van der Waals surface area contributed by atoms with Crippen molar-refractivity contribution in [1.82, 2.24) is 0 Å². The monoisotopic (exact) mass is 170 g/mol. The third kappa shape index (κ3) is 15.8. The number of carbonyl (C=O) groups excluding carboxylic acids is 2. The van der Waals surface area contributed by atoms with E-state index in [9.17, 15) is 9.59 Å². The Labute approximate surface area is 70.1 Å². The van der Waals surface area contributed by atoms with Crippen LogP contribution >= 0.6 is 0 Å². The highest BCUT2D eigenvalue weighted by Crippen LogP contribution is 1.71. The minimum absolute atomic E-state index is 0.236. The van der Waals surface area contributed by atoms with E-state index in [2.05, 4.69) is 16.2 Å². The normalized spacial score (nSPS) is 6.42. The summed E-state index contributed by atoms with van der Waals surface area (Å²) in [6.07, 6.45) is 5.67. The lowest BCUT2D eigenvalue weighted by atomic mass is 10.7. The highest BCUT2D eigenvalue weighted by molar-refractivity contribution is 5.72. The number of hydrogen-bond donors (Lipinski definition) is 0. The van der Waals surface area contributed by atoms with Gasteiger partial charge in [0.05, 0.1) is 7.11 Å². The van der Waals surface area contributed by atoms with Gasteiger partial charge in [-0.25, -0.2) is 9.90 Å². The molecule has 0 bridgehead atoms. The van der Waals surface area contributed by atoms with Crippen molar-refractivity contribution in [2.75, 3.05) is 20.3 Å². The SMILES string of the molecule is C#CC[O].COC(=O)CN=C=O. The van der Waals surface area contributed by atoms with Gasteiger partial charge in [0.2, 0.25) is 6.08 Å². The van der Waals surface area contributed by atoms with Crippen LogP contribution < -0.4 is 0 Å². The summed E-state index contributed by atoms with van der Waals surface area (Å²) in [7, 11) is 1.22. The van der Waals surface area contributed by atoms with Crippen molar-refractivity contribution >= 4 is 12.0 Å². The summed E-state index contributed by atoms with van der Waals surface area (Å²) >= 11 is 0. The average Bonchev–Trinajstić information content (AvgIpc) is 2.14. The Morgan fingerprint density at radius 2 is 2.17 bits per heavy atom. The zero-order valence-electron chi connectivity index (χ0n) is 6.57. The maximum atomic E-state index is 10.1. The minimum atomic E-state index is -0.534. The molecule has 0 saturated heterocycles. The second-order valence-corrected chi connectivity index (χ2v) is 1.33. The first-order valence-corrected chi connectivity index (χ1v) is 2.84.